The average Bonchev–Trinajstić information content (AvgIpc) is 2.46. The molecule has 0 aromatic heterocycles. The van der Waals surface area contributed by atoms with Gasteiger partial charge in [-0.25, -0.2) is 4.79 Å². The Morgan fingerprint density at radius 1 is 1.24 bits per heavy atom. The molecule has 1 aromatic carbocycles. The van der Waals surface area contributed by atoms with Crippen LogP contribution in [0.5, 0.6) is 0 Å². The van der Waals surface area contributed by atoms with Crippen LogP contribution in [0.25, 0.3) is 0 Å². The third-order valence-corrected chi connectivity index (χ3v) is 3.40. The minimum atomic E-state index is -0.474. The SMILES string of the molecule is COC(=O)N1C(C)=CC(c2ccccc2[N+](=O)[O-])C=C1C. The summed E-state index contributed by atoms with van der Waals surface area (Å²) in [6.45, 7) is 3.55. The van der Waals surface area contributed by atoms with E-state index in [-0.39, 0.29) is 11.6 Å². The summed E-state index contributed by atoms with van der Waals surface area (Å²) in [6, 6.07) is 6.61. The molecule has 1 aromatic rings. The quantitative estimate of drug-likeness (QED) is 0.616. The normalized spacial score (nSPS) is 15.3. The Balaban J connectivity index is 2.43. The summed E-state index contributed by atoms with van der Waals surface area (Å²) < 4.78 is 4.73. The lowest BCUT2D eigenvalue weighted by Crippen LogP contribution is -2.30. The second-order valence-electron chi connectivity index (χ2n) is 4.76. The van der Waals surface area contributed by atoms with Crippen molar-refractivity contribution in [2.75, 3.05) is 7.11 Å². The second-order valence-corrected chi connectivity index (χ2v) is 4.76. The predicted molar refractivity (Wildman–Crippen MR) is 77.6 cm³/mol. The third-order valence-electron chi connectivity index (χ3n) is 3.40. The lowest BCUT2D eigenvalue weighted by atomic mass is 9.93. The molecule has 0 bridgehead atoms. The molecule has 1 heterocycles. The minimum Gasteiger partial charge on any atom is -0.452 e. The molecule has 110 valence electrons. The zero-order valence-electron chi connectivity index (χ0n) is 12.1. The molecule has 0 spiro atoms. The van der Waals surface area contributed by atoms with E-state index in [9.17, 15) is 14.9 Å². The molecule has 0 N–H and O–H groups in total. The van der Waals surface area contributed by atoms with Crippen molar-refractivity contribution in [3.63, 3.8) is 0 Å². The largest absolute Gasteiger partial charge is 0.452 e. The zero-order chi connectivity index (χ0) is 15.6. The number of rotatable bonds is 2. The van der Waals surface area contributed by atoms with Crippen LogP contribution in [0.15, 0.2) is 47.8 Å². The maximum Gasteiger partial charge on any atom is 0.418 e. The van der Waals surface area contributed by atoms with Crippen LogP contribution in [-0.2, 0) is 4.74 Å². The monoisotopic (exact) mass is 288 g/mol. The van der Waals surface area contributed by atoms with E-state index >= 15 is 0 Å². The van der Waals surface area contributed by atoms with Crippen LogP contribution in [-0.4, -0.2) is 23.0 Å². The summed E-state index contributed by atoms with van der Waals surface area (Å²) in [4.78, 5) is 23.9. The zero-order valence-corrected chi connectivity index (χ0v) is 12.1. The molecule has 1 amide bonds. The second kappa shape index (κ2) is 5.78. The van der Waals surface area contributed by atoms with Crippen LogP contribution in [0.1, 0.15) is 25.3 Å². The molecular weight excluding hydrogens is 272 g/mol. The minimum absolute atomic E-state index is 0.0714. The van der Waals surface area contributed by atoms with Crippen molar-refractivity contribution in [3.05, 3.63) is 63.5 Å². The van der Waals surface area contributed by atoms with E-state index < -0.39 is 11.0 Å². The van der Waals surface area contributed by atoms with Crippen LogP contribution >= 0.6 is 0 Å². The highest BCUT2D eigenvalue weighted by Crippen LogP contribution is 2.34. The van der Waals surface area contributed by atoms with Crippen molar-refractivity contribution < 1.29 is 14.5 Å². The molecule has 0 atom stereocenters. The van der Waals surface area contributed by atoms with Gasteiger partial charge in [0, 0.05) is 28.9 Å². The van der Waals surface area contributed by atoms with Gasteiger partial charge < -0.3 is 4.74 Å². The van der Waals surface area contributed by atoms with Gasteiger partial charge in [-0.2, -0.15) is 0 Å². The van der Waals surface area contributed by atoms with Crippen LogP contribution in [0, 0.1) is 10.1 Å². The number of benzene rings is 1. The summed E-state index contributed by atoms with van der Waals surface area (Å²) in [5.41, 5.74) is 2.04. The van der Waals surface area contributed by atoms with Crippen molar-refractivity contribution in [1.29, 1.82) is 0 Å². The Morgan fingerprint density at radius 3 is 2.33 bits per heavy atom. The number of amides is 1. The summed E-state index contributed by atoms with van der Waals surface area (Å²) in [7, 11) is 1.32. The van der Waals surface area contributed by atoms with Crippen molar-refractivity contribution in [3.8, 4) is 0 Å². The van der Waals surface area contributed by atoms with Gasteiger partial charge in [0.15, 0.2) is 0 Å². The van der Waals surface area contributed by atoms with E-state index in [1.165, 1.54) is 18.1 Å². The summed E-state index contributed by atoms with van der Waals surface area (Å²) in [5.74, 6) is -0.243. The van der Waals surface area contributed by atoms with E-state index in [1.54, 1.807) is 32.0 Å². The Hall–Kier alpha value is -2.63. The van der Waals surface area contributed by atoms with Gasteiger partial charge in [0.25, 0.3) is 5.69 Å². The van der Waals surface area contributed by atoms with Gasteiger partial charge in [0.2, 0.25) is 0 Å². The number of carbonyl (C=O) groups is 1. The van der Waals surface area contributed by atoms with Gasteiger partial charge in [-0.3, -0.25) is 15.0 Å². The highest BCUT2D eigenvalue weighted by molar-refractivity contribution is 5.73. The summed E-state index contributed by atoms with van der Waals surface area (Å²) >= 11 is 0. The number of nitro groups is 1. The van der Waals surface area contributed by atoms with Gasteiger partial charge in [0.05, 0.1) is 12.0 Å². The fourth-order valence-corrected chi connectivity index (χ4v) is 2.49. The van der Waals surface area contributed by atoms with Crippen molar-refractivity contribution in [1.82, 2.24) is 4.90 Å². The molecule has 0 radical (unpaired) electrons. The number of ether oxygens (including phenoxy) is 1. The molecule has 1 aliphatic heterocycles. The molecule has 0 fully saturated rings. The summed E-state index contributed by atoms with van der Waals surface area (Å²) in [5, 5.41) is 11.1. The van der Waals surface area contributed by atoms with E-state index in [4.69, 9.17) is 4.74 Å². The Morgan fingerprint density at radius 2 is 1.81 bits per heavy atom. The molecule has 0 saturated heterocycles. The number of carbonyl (C=O) groups excluding carboxylic acids is 1. The molecule has 21 heavy (non-hydrogen) atoms. The number of hydrogen-bond acceptors (Lipinski definition) is 4. The first-order chi connectivity index (χ1) is 9.95. The Kier molecular flexibility index (Phi) is 4.07. The van der Waals surface area contributed by atoms with Crippen LogP contribution in [0.3, 0.4) is 0 Å². The first-order valence-electron chi connectivity index (χ1n) is 6.44. The first kappa shape index (κ1) is 14.8. The van der Waals surface area contributed by atoms with Gasteiger partial charge in [-0.1, -0.05) is 30.4 Å². The number of methoxy groups -OCH3 is 1. The molecule has 6 heteroatoms. The lowest BCUT2D eigenvalue weighted by Gasteiger charge is -2.28. The smallest absolute Gasteiger partial charge is 0.418 e. The molecule has 0 saturated carbocycles. The van der Waals surface area contributed by atoms with Gasteiger partial charge in [-0.05, 0) is 13.8 Å². The molecular formula is C15H16N2O4. The number of nitro benzene ring substituents is 1. The number of allylic oxidation sites excluding steroid dienone is 4. The average molecular weight is 288 g/mol. The molecule has 1 aliphatic rings. The van der Waals surface area contributed by atoms with Gasteiger partial charge in [0.1, 0.15) is 0 Å². The van der Waals surface area contributed by atoms with Gasteiger partial charge >= 0.3 is 6.09 Å². The highest BCUT2D eigenvalue weighted by Gasteiger charge is 2.27. The van der Waals surface area contributed by atoms with Crippen LogP contribution < -0.4 is 0 Å². The van der Waals surface area contributed by atoms with Crippen LogP contribution in [0.2, 0.25) is 0 Å². The maximum absolute atomic E-state index is 11.7. The van der Waals surface area contributed by atoms with E-state index in [1.807, 2.05) is 12.2 Å². The first-order valence-corrected chi connectivity index (χ1v) is 6.44. The third kappa shape index (κ3) is 2.79. The lowest BCUT2D eigenvalue weighted by molar-refractivity contribution is -0.385. The van der Waals surface area contributed by atoms with E-state index in [0.717, 1.165) is 0 Å². The fraction of sp³-hybridized carbons (Fsp3) is 0.267. The number of para-hydroxylation sites is 1. The van der Waals surface area contributed by atoms with Crippen molar-refractivity contribution >= 4 is 11.8 Å². The molecule has 0 aliphatic carbocycles. The number of nitrogens with zero attached hydrogens (tertiary/aromatic N) is 2. The fourth-order valence-electron chi connectivity index (χ4n) is 2.49. The summed E-state index contributed by atoms with van der Waals surface area (Å²) in [6.07, 6.45) is 3.15. The molecule has 6 nitrogen and oxygen atoms in total. The Labute approximate surface area is 122 Å². The van der Waals surface area contributed by atoms with Crippen molar-refractivity contribution in [2.24, 2.45) is 0 Å². The topological polar surface area (TPSA) is 72.7 Å². The number of hydrogen-bond donors (Lipinski definition) is 0. The molecule has 2 rings (SSSR count). The van der Waals surface area contributed by atoms with Gasteiger partial charge in [-0.15, -0.1) is 0 Å². The van der Waals surface area contributed by atoms with Crippen molar-refractivity contribution in [2.45, 2.75) is 19.8 Å². The van der Waals surface area contributed by atoms with E-state index in [2.05, 4.69) is 0 Å². The standard InChI is InChI=1S/C15H16N2O4/c1-10-8-12(9-11(2)16(10)15(18)21-3)13-6-4-5-7-14(13)17(19)20/h4-9,12H,1-3H3. The predicted octanol–water partition coefficient (Wildman–Crippen LogP) is 3.57. The molecule has 0 unspecified atom stereocenters. The van der Waals surface area contributed by atoms with E-state index in [0.29, 0.717) is 17.0 Å². The highest BCUT2D eigenvalue weighted by atomic mass is 16.6. The maximum atomic E-state index is 11.7. The van der Waals surface area contributed by atoms with Crippen LogP contribution in [0.4, 0.5) is 10.5 Å². The Bertz CT molecular complexity index is 629.